The summed E-state index contributed by atoms with van der Waals surface area (Å²) in [7, 11) is 0. The van der Waals surface area contributed by atoms with Crippen LogP contribution in [0.2, 0.25) is 0 Å². The summed E-state index contributed by atoms with van der Waals surface area (Å²) in [6.45, 7) is 8.57. The third kappa shape index (κ3) is 66.6. The van der Waals surface area contributed by atoms with Gasteiger partial charge in [0.05, 0.1) is 0 Å². The average Bonchev–Trinajstić information content (AvgIpc) is 2.16. The maximum Gasteiger partial charge on any atom is 0.154 e. The maximum atomic E-state index is 8.58. The van der Waals surface area contributed by atoms with E-state index in [0.717, 1.165) is 12.8 Å². The van der Waals surface area contributed by atoms with E-state index in [9.17, 15) is 0 Å². The predicted octanol–water partition coefficient (Wildman–Crippen LogP) is 2.08. The minimum Gasteiger partial charge on any atom is -0.328 e. The summed E-state index contributed by atoms with van der Waals surface area (Å²) in [4.78, 5) is 8.58. The first kappa shape index (κ1) is 18.9. The number of rotatable bonds is 3. The third-order valence-corrected chi connectivity index (χ3v) is 1.55. The Balaban J connectivity index is -0.000000135. The molecule has 4 N–H and O–H groups in total. The average molecular weight is 207 g/mol. The van der Waals surface area contributed by atoms with Crippen molar-refractivity contribution in [3.63, 3.8) is 0 Å². The molecule has 5 heteroatoms. The SMILES string of the molecule is CCC(N)CC.CCCC.N[N+](=O)[O-]. The van der Waals surface area contributed by atoms with E-state index in [4.69, 9.17) is 15.8 Å². The lowest BCUT2D eigenvalue weighted by atomic mass is 10.2. The predicted molar refractivity (Wildman–Crippen MR) is 60.3 cm³/mol. The number of nitro groups is 1. The van der Waals surface area contributed by atoms with Gasteiger partial charge in [-0.1, -0.05) is 40.5 Å². The molecule has 0 bridgehead atoms. The molecule has 0 aromatic rings. The summed E-state index contributed by atoms with van der Waals surface area (Å²) < 4.78 is 0. The molecule has 0 aromatic heterocycles. The summed E-state index contributed by atoms with van der Waals surface area (Å²) in [5.74, 6) is 3.83. The second kappa shape index (κ2) is 18.0. The zero-order valence-electron chi connectivity index (χ0n) is 9.82. The molecule has 0 rings (SSSR count). The van der Waals surface area contributed by atoms with Gasteiger partial charge in [0.25, 0.3) is 0 Å². The van der Waals surface area contributed by atoms with Crippen LogP contribution in [0.4, 0.5) is 0 Å². The van der Waals surface area contributed by atoms with Gasteiger partial charge in [0.2, 0.25) is 0 Å². The van der Waals surface area contributed by atoms with Gasteiger partial charge < -0.3 is 5.73 Å². The Morgan fingerprint density at radius 3 is 1.36 bits per heavy atom. The van der Waals surface area contributed by atoms with Crippen molar-refractivity contribution in [2.24, 2.45) is 11.6 Å². The van der Waals surface area contributed by atoms with Crippen LogP contribution in [0.25, 0.3) is 0 Å². The fourth-order valence-corrected chi connectivity index (χ4v) is 0.289. The topological polar surface area (TPSA) is 95.2 Å². The number of hydrogen-bond donors (Lipinski definition) is 2. The molecule has 0 aliphatic heterocycles. The van der Waals surface area contributed by atoms with E-state index in [1.807, 2.05) is 0 Å². The van der Waals surface area contributed by atoms with Gasteiger partial charge in [-0.3, -0.25) is 0 Å². The number of nitrogens with zero attached hydrogens (tertiary/aromatic N) is 1. The molecule has 0 unspecified atom stereocenters. The molecule has 0 saturated heterocycles. The van der Waals surface area contributed by atoms with Gasteiger partial charge in [-0.2, -0.15) is 5.84 Å². The molecule has 0 heterocycles. The molecule has 0 radical (unpaired) electrons. The van der Waals surface area contributed by atoms with Crippen LogP contribution in [0.5, 0.6) is 0 Å². The van der Waals surface area contributed by atoms with Crippen LogP contribution in [0.1, 0.15) is 53.4 Å². The van der Waals surface area contributed by atoms with Crippen LogP contribution in [-0.4, -0.2) is 11.1 Å². The Hall–Kier alpha value is -0.840. The lowest BCUT2D eigenvalue weighted by molar-refractivity contribution is -0.491. The summed E-state index contributed by atoms with van der Waals surface area (Å²) in [5, 5.41) is 7.58. The van der Waals surface area contributed by atoms with Gasteiger partial charge >= 0.3 is 0 Å². The molecular weight excluding hydrogens is 182 g/mol. The van der Waals surface area contributed by atoms with E-state index in [1.54, 1.807) is 0 Å². The first-order chi connectivity index (χ1) is 6.45. The van der Waals surface area contributed by atoms with E-state index in [2.05, 4.69) is 33.5 Å². The number of unbranched alkanes of at least 4 members (excludes halogenated alkanes) is 1. The molecule has 5 nitrogen and oxygen atoms in total. The molecule has 14 heavy (non-hydrogen) atoms. The van der Waals surface area contributed by atoms with Crippen molar-refractivity contribution in [1.29, 1.82) is 0 Å². The monoisotopic (exact) mass is 207 g/mol. The molecule has 0 aliphatic carbocycles. The Morgan fingerprint density at radius 2 is 1.36 bits per heavy atom. The molecule has 0 spiro atoms. The highest BCUT2D eigenvalue weighted by molar-refractivity contribution is 4.51. The zero-order chi connectivity index (χ0) is 12.0. The fourth-order valence-electron chi connectivity index (χ4n) is 0.289. The Bertz CT molecular complexity index is 100. The Kier molecular flexibility index (Phi) is 24.3. The van der Waals surface area contributed by atoms with Gasteiger partial charge in [-0.15, -0.1) is 0 Å². The standard InChI is InChI=1S/C5H13N.C4H10.H2N2O2/c1-3-5(6)4-2;1-3-4-2;1-2(3)4/h5H,3-4,6H2,1-2H3;3-4H2,1-2H3;1H2. The zero-order valence-corrected chi connectivity index (χ0v) is 9.82. The highest BCUT2D eigenvalue weighted by Crippen LogP contribution is 1.88. The minimum absolute atomic E-state index is 0.435. The van der Waals surface area contributed by atoms with Crippen molar-refractivity contribution < 1.29 is 5.03 Å². The van der Waals surface area contributed by atoms with Gasteiger partial charge in [0, 0.05) is 6.04 Å². The second-order valence-corrected chi connectivity index (χ2v) is 2.86. The molecule has 0 aliphatic rings. The number of nitrogens with two attached hydrogens (primary N) is 2. The highest BCUT2D eigenvalue weighted by atomic mass is 16.7. The second-order valence-electron chi connectivity index (χ2n) is 2.86. The van der Waals surface area contributed by atoms with Crippen LogP contribution >= 0.6 is 0 Å². The molecule has 0 fully saturated rings. The largest absolute Gasteiger partial charge is 0.328 e. The van der Waals surface area contributed by atoms with Crippen LogP contribution in [0.3, 0.4) is 0 Å². The molecule has 0 amide bonds. The van der Waals surface area contributed by atoms with E-state index in [1.165, 1.54) is 12.8 Å². The molecule has 0 atom stereocenters. The van der Waals surface area contributed by atoms with Crippen LogP contribution in [-0.2, 0) is 0 Å². The van der Waals surface area contributed by atoms with Crippen molar-refractivity contribution in [3.05, 3.63) is 10.1 Å². The van der Waals surface area contributed by atoms with Gasteiger partial charge in [0.15, 0.2) is 5.03 Å². The fraction of sp³-hybridized carbons (Fsp3) is 1.00. The highest BCUT2D eigenvalue weighted by Gasteiger charge is 1.88. The lowest BCUT2D eigenvalue weighted by Gasteiger charge is -1.99. The third-order valence-electron chi connectivity index (χ3n) is 1.55. The van der Waals surface area contributed by atoms with E-state index < -0.39 is 5.03 Å². The van der Waals surface area contributed by atoms with Crippen LogP contribution < -0.4 is 11.6 Å². The summed E-state index contributed by atoms with van der Waals surface area (Å²) in [5.41, 5.74) is 5.47. The van der Waals surface area contributed by atoms with Gasteiger partial charge in [0.1, 0.15) is 0 Å². The Morgan fingerprint density at radius 1 is 1.14 bits per heavy atom. The maximum absolute atomic E-state index is 8.58. The van der Waals surface area contributed by atoms with Crippen molar-refractivity contribution in [3.8, 4) is 0 Å². The molecule has 0 saturated carbocycles. The molecule has 0 aromatic carbocycles. The normalized spacial score (nSPS) is 8.14. The van der Waals surface area contributed by atoms with Crippen LogP contribution in [0.15, 0.2) is 0 Å². The van der Waals surface area contributed by atoms with Gasteiger partial charge in [-0.25, -0.2) is 10.1 Å². The first-order valence-electron chi connectivity index (χ1n) is 5.10. The lowest BCUT2D eigenvalue weighted by Crippen LogP contribution is -2.16. The molecule has 88 valence electrons. The van der Waals surface area contributed by atoms with Crippen molar-refractivity contribution in [2.45, 2.75) is 59.4 Å². The first-order valence-corrected chi connectivity index (χ1v) is 5.10. The Labute approximate surface area is 87.0 Å². The van der Waals surface area contributed by atoms with Crippen molar-refractivity contribution in [1.82, 2.24) is 0 Å². The van der Waals surface area contributed by atoms with E-state index >= 15 is 0 Å². The van der Waals surface area contributed by atoms with Crippen molar-refractivity contribution in [2.75, 3.05) is 0 Å². The van der Waals surface area contributed by atoms with Crippen molar-refractivity contribution >= 4 is 0 Å². The summed E-state index contributed by atoms with van der Waals surface area (Å²) >= 11 is 0. The smallest absolute Gasteiger partial charge is 0.154 e. The summed E-state index contributed by atoms with van der Waals surface area (Å²) in [6, 6.07) is 0.435. The van der Waals surface area contributed by atoms with Crippen LogP contribution in [0, 0.1) is 10.1 Å². The van der Waals surface area contributed by atoms with E-state index in [-0.39, 0.29) is 0 Å². The quantitative estimate of drug-likeness (QED) is 0.420. The molecular formula is C9H25N3O2. The number of hydrazine groups is 1. The summed E-state index contributed by atoms with van der Waals surface area (Å²) in [6.07, 6.45) is 4.85. The van der Waals surface area contributed by atoms with E-state index in [0.29, 0.717) is 6.04 Å². The number of hydrogen-bond acceptors (Lipinski definition) is 3. The minimum atomic E-state index is -1.00. The van der Waals surface area contributed by atoms with Gasteiger partial charge in [-0.05, 0) is 12.8 Å².